The second-order valence-corrected chi connectivity index (χ2v) is 3.30. The van der Waals surface area contributed by atoms with Gasteiger partial charge in [0.15, 0.2) is 6.10 Å². The van der Waals surface area contributed by atoms with E-state index >= 15 is 0 Å². The molecule has 0 radical (unpaired) electrons. The average molecular weight is 236 g/mol. The molecule has 1 unspecified atom stereocenters. The summed E-state index contributed by atoms with van der Waals surface area (Å²) in [6, 6.07) is 4.04. The first kappa shape index (κ1) is 12.6. The highest BCUT2D eigenvalue weighted by molar-refractivity contribution is 5.76. The maximum absolute atomic E-state index is 10.8. The fourth-order valence-electron chi connectivity index (χ4n) is 1.42. The molecule has 0 bridgehead atoms. The van der Waals surface area contributed by atoms with E-state index in [9.17, 15) is 20.0 Å². The number of carboxylic acids is 1. The molecule has 0 saturated carbocycles. The number of aliphatic hydroxyl groups excluding tert-OH is 1. The molecule has 17 heavy (non-hydrogen) atoms. The minimum atomic E-state index is -1.95. The molecule has 1 aromatic rings. The number of nitrogens with zero attached hydrogens (tertiary/aromatic N) is 2. The minimum Gasteiger partial charge on any atom is -0.479 e. The largest absolute Gasteiger partial charge is 0.479 e. The number of nitriles is 1. The van der Waals surface area contributed by atoms with Crippen LogP contribution in [0, 0.1) is 28.4 Å². The van der Waals surface area contributed by atoms with Gasteiger partial charge in [0.05, 0.1) is 4.92 Å². The summed E-state index contributed by atoms with van der Waals surface area (Å²) in [5.74, 6) is -1.57. The van der Waals surface area contributed by atoms with Crippen molar-refractivity contribution in [3.63, 3.8) is 0 Å². The van der Waals surface area contributed by atoms with Gasteiger partial charge in [-0.15, -0.1) is 0 Å². The molecular formula is C10H8N2O5. The van der Waals surface area contributed by atoms with Crippen LogP contribution in [0.5, 0.6) is 0 Å². The Balaban J connectivity index is 3.56. The van der Waals surface area contributed by atoms with Gasteiger partial charge in [-0.1, -0.05) is 12.1 Å². The monoisotopic (exact) mass is 236 g/mol. The molecule has 0 amide bonds. The quantitative estimate of drug-likeness (QED) is 0.593. The van der Waals surface area contributed by atoms with Crippen molar-refractivity contribution in [3.8, 4) is 6.07 Å². The van der Waals surface area contributed by atoms with Crippen molar-refractivity contribution in [1.82, 2.24) is 0 Å². The number of carboxylic acid groups (broad SMARTS) is 1. The summed E-state index contributed by atoms with van der Waals surface area (Å²) in [5.41, 5.74) is -0.958. The molecule has 1 aromatic carbocycles. The predicted molar refractivity (Wildman–Crippen MR) is 55.1 cm³/mol. The van der Waals surface area contributed by atoms with E-state index in [-0.39, 0.29) is 11.1 Å². The molecule has 2 N–H and O–H groups in total. The van der Waals surface area contributed by atoms with E-state index in [1.165, 1.54) is 19.1 Å². The maximum atomic E-state index is 10.8. The third kappa shape index (κ3) is 2.21. The molecule has 1 atom stereocenters. The zero-order valence-electron chi connectivity index (χ0n) is 8.75. The molecule has 0 aliphatic rings. The molecule has 0 saturated heterocycles. The van der Waals surface area contributed by atoms with E-state index in [1.54, 1.807) is 6.07 Å². The normalized spacial score (nSPS) is 11.6. The number of hydrogen-bond acceptors (Lipinski definition) is 5. The molecule has 7 heteroatoms. The van der Waals surface area contributed by atoms with Crippen LogP contribution in [-0.4, -0.2) is 21.1 Å². The molecule has 0 fully saturated rings. The third-order valence-corrected chi connectivity index (χ3v) is 2.23. The molecule has 0 aliphatic heterocycles. The number of aliphatic carboxylic acids is 1. The number of nitro groups is 1. The van der Waals surface area contributed by atoms with Crippen LogP contribution in [0.2, 0.25) is 0 Å². The number of benzene rings is 1. The second kappa shape index (κ2) is 4.59. The van der Waals surface area contributed by atoms with E-state index in [2.05, 4.69) is 0 Å². The summed E-state index contributed by atoms with van der Waals surface area (Å²) < 4.78 is 0. The first-order valence-electron chi connectivity index (χ1n) is 4.49. The fourth-order valence-corrected chi connectivity index (χ4v) is 1.42. The Bertz CT molecular complexity index is 532. The average Bonchev–Trinajstić information content (AvgIpc) is 2.26. The standard InChI is InChI=1S/C10H8N2O5/c1-5-2-3-6(9(13)10(14)15)7(4-11)8(5)12(16)17/h2-3,9,13H,1H3,(H,14,15). The molecule has 88 valence electrons. The van der Waals surface area contributed by atoms with Crippen LogP contribution in [0.4, 0.5) is 5.69 Å². The Labute approximate surface area is 95.7 Å². The number of rotatable bonds is 3. The lowest BCUT2D eigenvalue weighted by Crippen LogP contribution is -2.13. The van der Waals surface area contributed by atoms with Crippen molar-refractivity contribution in [2.75, 3.05) is 0 Å². The van der Waals surface area contributed by atoms with Gasteiger partial charge in [0.1, 0.15) is 11.6 Å². The Hall–Kier alpha value is -2.46. The molecule has 0 heterocycles. The third-order valence-electron chi connectivity index (χ3n) is 2.23. The lowest BCUT2D eigenvalue weighted by Gasteiger charge is -2.09. The number of aliphatic hydroxyl groups is 1. The first-order chi connectivity index (χ1) is 7.90. The van der Waals surface area contributed by atoms with Crippen LogP contribution in [0.1, 0.15) is 22.8 Å². The summed E-state index contributed by atoms with van der Waals surface area (Å²) in [6.07, 6.45) is -1.95. The van der Waals surface area contributed by atoms with Crippen molar-refractivity contribution < 1.29 is 19.9 Å². The Morgan fingerprint density at radius 3 is 2.59 bits per heavy atom. The van der Waals surface area contributed by atoms with Crippen molar-refractivity contribution in [2.45, 2.75) is 13.0 Å². The molecular weight excluding hydrogens is 228 g/mol. The number of hydrogen-bond donors (Lipinski definition) is 2. The highest BCUT2D eigenvalue weighted by atomic mass is 16.6. The Kier molecular flexibility index (Phi) is 3.40. The van der Waals surface area contributed by atoms with Gasteiger partial charge in [0, 0.05) is 11.1 Å². The zero-order valence-corrected chi connectivity index (χ0v) is 8.75. The van der Waals surface area contributed by atoms with Crippen LogP contribution in [0.15, 0.2) is 12.1 Å². The van der Waals surface area contributed by atoms with Crippen LogP contribution >= 0.6 is 0 Å². The first-order valence-corrected chi connectivity index (χ1v) is 4.49. The molecule has 0 spiro atoms. The molecule has 0 aliphatic carbocycles. The van der Waals surface area contributed by atoms with Crippen molar-refractivity contribution >= 4 is 11.7 Å². The maximum Gasteiger partial charge on any atom is 0.337 e. The van der Waals surface area contributed by atoms with Gasteiger partial charge in [-0.25, -0.2) is 4.79 Å². The Morgan fingerprint density at radius 2 is 2.18 bits per heavy atom. The summed E-state index contributed by atoms with van der Waals surface area (Å²) in [6.45, 7) is 1.43. The number of nitro benzene ring substituents is 1. The summed E-state index contributed by atoms with van der Waals surface area (Å²) >= 11 is 0. The van der Waals surface area contributed by atoms with Crippen LogP contribution in [0.3, 0.4) is 0 Å². The molecule has 7 nitrogen and oxygen atoms in total. The van der Waals surface area contributed by atoms with Gasteiger partial charge in [-0.3, -0.25) is 10.1 Å². The highest BCUT2D eigenvalue weighted by Gasteiger charge is 2.27. The van der Waals surface area contributed by atoms with Crippen molar-refractivity contribution in [2.24, 2.45) is 0 Å². The van der Waals surface area contributed by atoms with Crippen molar-refractivity contribution in [1.29, 1.82) is 5.26 Å². The van der Waals surface area contributed by atoms with E-state index in [0.717, 1.165) is 0 Å². The summed E-state index contributed by atoms with van der Waals surface area (Å²) in [4.78, 5) is 20.6. The van der Waals surface area contributed by atoms with Gasteiger partial charge in [-0.05, 0) is 6.92 Å². The van der Waals surface area contributed by atoms with Gasteiger partial charge >= 0.3 is 5.97 Å². The zero-order chi connectivity index (χ0) is 13.2. The van der Waals surface area contributed by atoms with Crippen molar-refractivity contribution in [3.05, 3.63) is 38.9 Å². The van der Waals surface area contributed by atoms with E-state index in [4.69, 9.17) is 10.4 Å². The highest BCUT2D eigenvalue weighted by Crippen LogP contribution is 2.29. The number of carbonyl (C=O) groups is 1. The van der Waals surface area contributed by atoms with Gasteiger partial charge in [0.25, 0.3) is 5.69 Å². The SMILES string of the molecule is Cc1ccc(C(O)C(=O)O)c(C#N)c1[N+](=O)[O-]. The number of aryl methyl sites for hydroxylation is 1. The van der Waals surface area contributed by atoms with Crippen LogP contribution in [0.25, 0.3) is 0 Å². The fraction of sp³-hybridized carbons (Fsp3) is 0.200. The lowest BCUT2D eigenvalue weighted by molar-refractivity contribution is -0.385. The van der Waals surface area contributed by atoms with E-state index in [0.29, 0.717) is 0 Å². The molecule has 0 aromatic heterocycles. The minimum absolute atomic E-state index is 0.230. The van der Waals surface area contributed by atoms with Gasteiger partial charge < -0.3 is 10.2 Å². The van der Waals surface area contributed by atoms with Gasteiger partial charge in [0.2, 0.25) is 0 Å². The smallest absolute Gasteiger partial charge is 0.337 e. The van der Waals surface area contributed by atoms with E-state index < -0.39 is 28.2 Å². The predicted octanol–water partition coefficient (Wildman–Crippen LogP) is 0.893. The van der Waals surface area contributed by atoms with Crippen LogP contribution < -0.4 is 0 Å². The van der Waals surface area contributed by atoms with Crippen LogP contribution in [-0.2, 0) is 4.79 Å². The van der Waals surface area contributed by atoms with Gasteiger partial charge in [-0.2, -0.15) is 5.26 Å². The lowest BCUT2D eigenvalue weighted by atomic mass is 9.98. The summed E-state index contributed by atoms with van der Waals surface area (Å²) in [5, 5.41) is 37.6. The van der Waals surface area contributed by atoms with E-state index in [1.807, 2.05) is 0 Å². The second-order valence-electron chi connectivity index (χ2n) is 3.30. The molecule has 1 rings (SSSR count). The Morgan fingerprint density at radius 1 is 1.59 bits per heavy atom. The topological polar surface area (TPSA) is 124 Å². The summed E-state index contributed by atoms with van der Waals surface area (Å²) in [7, 11) is 0.